The van der Waals surface area contributed by atoms with Crippen molar-refractivity contribution in [2.75, 3.05) is 20.6 Å². The number of nitrogens with zero attached hydrogens (tertiary/aromatic N) is 2. The Bertz CT molecular complexity index is 339. The molecule has 1 heterocycles. The van der Waals surface area contributed by atoms with Crippen molar-refractivity contribution in [3.05, 3.63) is 0 Å². The zero-order valence-electron chi connectivity index (χ0n) is 9.10. The average molecular weight is 234 g/mol. The molecule has 15 heavy (non-hydrogen) atoms. The lowest BCUT2D eigenvalue weighted by molar-refractivity contribution is 0.286. The first-order valence-electron chi connectivity index (χ1n) is 4.90. The van der Waals surface area contributed by atoms with E-state index in [0.717, 1.165) is 17.1 Å². The zero-order valence-corrected chi connectivity index (χ0v) is 9.92. The molecule has 0 aromatic heterocycles. The summed E-state index contributed by atoms with van der Waals surface area (Å²) in [4.78, 5) is 0. The molecule has 1 rings (SSSR count). The highest BCUT2D eigenvalue weighted by Crippen LogP contribution is 2.21. The maximum absolute atomic E-state index is 11.9. The highest BCUT2D eigenvalue weighted by Gasteiger charge is 2.35. The zero-order chi connectivity index (χ0) is 11.6. The van der Waals surface area contributed by atoms with E-state index in [0.29, 0.717) is 13.0 Å². The van der Waals surface area contributed by atoms with Crippen LogP contribution in [0.2, 0.25) is 0 Å². The van der Waals surface area contributed by atoms with Crippen LogP contribution in [0.4, 0.5) is 0 Å². The topological polar surface area (TPSA) is 90.5 Å². The third-order valence-electron chi connectivity index (χ3n) is 2.57. The lowest BCUT2D eigenvalue weighted by atomic mass is 10.0. The predicted octanol–water partition coefficient (Wildman–Crippen LogP) is -0.417. The van der Waals surface area contributed by atoms with E-state index < -0.39 is 16.3 Å². The van der Waals surface area contributed by atoms with Crippen molar-refractivity contribution >= 4 is 16.0 Å². The number of nitrogens with two attached hydrogens (primary N) is 1. The van der Waals surface area contributed by atoms with Crippen molar-refractivity contribution in [3.63, 3.8) is 0 Å². The molecule has 1 aliphatic rings. The molecule has 0 aliphatic carbocycles. The molecule has 0 aromatic carbocycles. The van der Waals surface area contributed by atoms with Crippen molar-refractivity contribution in [1.82, 2.24) is 8.61 Å². The van der Waals surface area contributed by atoms with Crippen LogP contribution < -0.4 is 5.73 Å². The van der Waals surface area contributed by atoms with Crippen molar-refractivity contribution < 1.29 is 8.42 Å². The summed E-state index contributed by atoms with van der Waals surface area (Å²) in [6.07, 6.45) is 2.39. The lowest BCUT2D eigenvalue weighted by Crippen LogP contribution is -2.53. The van der Waals surface area contributed by atoms with Crippen LogP contribution in [0.15, 0.2) is 0 Å². The van der Waals surface area contributed by atoms with Crippen LogP contribution in [-0.2, 0) is 10.2 Å². The van der Waals surface area contributed by atoms with Gasteiger partial charge in [0.2, 0.25) is 0 Å². The summed E-state index contributed by atoms with van der Waals surface area (Å²) in [5.74, 6) is -0.0693. The molecule has 88 valence electrons. The van der Waals surface area contributed by atoms with Gasteiger partial charge in [-0.05, 0) is 12.8 Å². The van der Waals surface area contributed by atoms with E-state index in [2.05, 4.69) is 0 Å². The van der Waals surface area contributed by atoms with Gasteiger partial charge >= 0.3 is 0 Å². The van der Waals surface area contributed by atoms with Crippen LogP contribution in [0.1, 0.15) is 19.3 Å². The minimum atomic E-state index is -3.45. The predicted molar refractivity (Wildman–Crippen MR) is 58.9 cm³/mol. The van der Waals surface area contributed by atoms with Crippen molar-refractivity contribution in [1.29, 1.82) is 5.41 Å². The molecule has 1 aliphatic heterocycles. The Balaban J connectivity index is 2.95. The molecule has 1 atom stereocenters. The summed E-state index contributed by atoms with van der Waals surface area (Å²) in [7, 11) is -0.474. The maximum Gasteiger partial charge on any atom is 0.282 e. The van der Waals surface area contributed by atoms with Gasteiger partial charge in [0.15, 0.2) is 0 Å². The highest BCUT2D eigenvalue weighted by atomic mass is 32.2. The van der Waals surface area contributed by atoms with Gasteiger partial charge in [-0.3, -0.25) is 5.41 Å². The van der Waals surface area contributed by atoms with Gasteiger partial charge in [-0.15, -0.1) is 0 Å². The maximum atomic E-state index is 11.9. The normalized spacial score (nSPS) is 24.3. The summed E-state index contributed by atoms with van der Waals surface area (Å²) < 4.78 is 26.3. The van der Waals surface area contributed by atoms with Gasteiger partial charge < -0.3 is 5.73 Å². The van der Waals surface area contributed by atoms with Gasteiger partial charge in [-0.2, -0.15) is 17.0 Å². The van der Waals surface area contributed by atoms with E-state index in [1.54, 1.807) is 0 Å². The third-order valence-corrected chi connectivity index (χ3v) is 4.52. The van der Waals surface area contributed by atoms with Crippen LogP contribution in [0.25, 0.3) is 0 Å². The number of amidine groups is 1. The molecule has 0 amide bonds. The summed E-state index contributed by atoms with van der Waals surface area (Å²) in [5, 5.41) is 7.39. The van der Waals surface area contributed by atoms with Crippen LogP contribution in [0.5, 0.6) is 0 Å². The molecule has 1 fully saturated rings. The van der Waals surface area contributed by atoms with Gasteiger partial charge in [0.1, 0.15) is 5.84 Å². The molecule has 1 saturated heterocycles. The third kappa shape index (κ3) is 2.47. The molecule has 0 bridgehead atoms. The summed E-state index contributed by atoms with van der Waals surface area (Å²) in [6, 6.07) is -0.467. The first-order valence-corrected chi connectivity index (χ1v) is 6.30. The first-order chi connectivity index (χ1) is 6.87. The minimum Gasteiger partial charge on any atom is -0.386 e. The minimum absolute atomic E-state index is 0.0693. The summed E-state index contributed by atoms with van der Waals surface area (Å²) in [6.45, 7) is 0.449. The number of nitrogens with one attached hydrogen (secondary N) is 1. The smallest absolute Gasteiger partial charge is 0.282 e. The second kappa shape index (κ2) is 4.46. The van der Waals surface area contributed by atoms with Crippen LogP contribution in [0.3, 0.4) is 0 Å². The molecular weight excluding hydrogens is 216 g/mol. The number of rotatable bonds is 3. The highest BCUT2D eigenvalue weighted by molar-refractivity contribution is 7.86. The van der Waals surface area contributed by atoms with Crippen LogP contribution in [0, 0.1) is 5.41 Å². The average Bonchev–Trinajstić information content (AvgIpc) is 2.17. The Hall–Kier alpha value is -0.660. The van der Waals surface area contributed by atoms with E-state index in [4.69, 9.17) is 11.1 Å². The van der Waals surface area contributed by atoms with Gasteiger partial charge in [0.05, 0.1) is 6.04 Å². The second-order valence-corrected chi connectivity index (χ2v) is 5.96. The molecule has 0 aromatic rings. The number of hydrogen-bond acceptors (Lipinski definition) is 3. The quantitative estimate of drug-likeness (QED) is 0.513. The fourth-order valence-electron chi connectivity index (χ4n) is 1.70. The van der Waals surface area contributed by atoms with Crippen molar-refractivity contribution in [2.45, 2.75) is 25.3 Å². The van der Waals surface area contributed by atoms with E-state index in [-0.39, 0.29) is 5.84 Å². The monoisotopic (exact) mass is 234 g/mol. The Kier molecular flexibility index (Phi) is 3.69. The van der Waals surface area contributed by atoms with E-state index in [1.807, 2.05) is 0 Å². The second-order valence-electron chi connectivity index (χ2n) is 3.87. The molecule has 3 N–H and O–H groups in total. The molecule has 7 heteroatoms. The van der Waals surface area contributed by atoms with Crippen molar-refractivity contribution in [3.8, 4) is 0 Å². The standard InChI is InChI=1S/C8H18N4O2S/c1-11(2)15(13,14)12-6-4-3-5-7(12)8(9)10/h7H,3-6H2,1-2H3,(H3,9,10). The fraction of sp³-hybridized carbons (Fsp3) is 0.875. The summed E-state index contributed by atoms with van der Waals surface area (Å²) >= 11 is 0. The Morgan fingerprint density at radius 2 is 2.07 bits per heavy atom. The van der Waals surface area contributed by atoms with Gasteiger partial charge in [0, 0.05) is 20.6 Å². The Morgan fingerprint density at radius 3 is 2.53 bits per heavy atom. The largest absolute Gasteiger partial charge is 0.386 e. The van der Waals surface area contributed by atoms with Crippen molar-refractivity contribution in [2.24, 2.45) is 5.73 Å². The number of hydrogen-bond donors (Lipinski definition) is 2. The van der Waals surface area contributed by atoms with E-state index >= 15 is 0 Å². The molecule has 0 spiro atoms. The number of piperidine rings is 1. The van der Waals surface area contributed by atoms with Crippen LogP contribution in [-0.4, -0.2) is 49.5 Å². The molecular formula is C8H18N4O2S. The molecule has 0 radical (unpaired) electrons. The fourth-order valence-corrected chi connectivity index (χ4v) is 3.02. The lowest BCUT2D eigenvalue weighted by Gasteiger charge is -2.35. The Labute approximate surface area is 90.7 Å². The molecule has 0 saturated carbocycles. The molecule has 6 nitrogen and oxygen atoms in total. The van der Waals surface area contributed by atoms with Gasteiger partial charge in [0.25, 0.3) is 10.2 Å². The van der Waals surface area contributed by atoms with E-state index in [9.17, 15) is 8.42 Å². The molecule has 1 unspecified atom stereocenters. The van der Waals surface area contributed by atoms with Gasteiger partial charge in [-0.1, -0.05) is 6.42 Å². The summed E-state index contributed by atoms with van der Waals surface area (Å²) in [5.41, 5.74) is 5.41. The Morgan fingerprint density at radius 1 is 1.47 bits per heavy atom. The van der Waals surface area contributed by atoms with E-state index in [1.165, 1.54) is 18.4 Å². The SMILES string of the molecule is CN(C)S(=O)(=O)N1CCCCC1C(=N)N. The van der Waals surface area contributed by atoms with Crippen LogP contribution >= 0.6 is 0 Å². The van der Waals surface area contributed by atoms with Gasteiger partial charge in [-0.25, -0.2) is 0 Å². The first kappa shape index (κ1) is 12.4.